The highest BCUT2D eigenvalue weighted by molar-refractivity contribution is 6.05. The Morgan fingerprint density at radius 3 is 1.73 bits per heavy atom. The average molecular weight is 712 g/mol. The van der Waals surface area contributed by atoms with Crippen LogP contribution in [-0.4, -0.2) is 4.98 Å². The van der Waals surface area contributed by atoms with Gasteiger partial charge >= 0.3 is 0 Å². The lowest BCUT2D eigenvalue weighted by Crippen LogP contribution is -2.25. The summed E-state index contributed by atoms with van der Waals surface area (Å²) >= 11 is 0. The normalized spacial score (nSPS) is 13.1. The van der Waals surface area contributed by atoms with Crippen LogP contribution in [0.5, 0.6) is 0 Å². The molecule has 0 aliphatic heterocycles. The van der Waals surface area contributed by atoms with Gasteiger partial charge < -0.3 is 4.42 Å². The van der Waals surface area contributed by atoms with Crippen LogP contribution in [0.2, 0.25) is 0 Å². The molecule has 2 aliphatic rings. The van der Waals surface area contributed by atoms with E-state index in [9.17, 15) is 0 Å². The van der Waals surface area contributed by atoms with Crippen LogP contribution in [0.15, 0.2) is 205 Å². The second kappa shape index (κ2) is 11.9. The van der Waals surface area contributed by atoms with Gasteiger partial charge in [0.05, 0.1) is 11.4 Å². The first-order chi connectivity index (χ1) is 27.7. The summed E-state index contributed by atoms with van der Waals surface area (Å²) in [5.41, 5.74) is 17.9. The molecule has 2 heterocycles. The summed E-state index contributed by atoms with van der Waals surface area (Å²) < 4.78 is 6.95. The first-order valence-electron chi connectivity index (χ1n) is 19.3. The fraction of sp³-hybridized carbons (Fsp3) is 0.0185. The molecule has 260 valence electrons. The number of hydrogen-bond donors (Lipinski definition) is 0. The van der Waals surface area contributed by atoms with E-state index in [1.165, 1.54) is 60.8 Å². The van der Waals surface area contributed by atoms with Crippen molar-refractivity contribution in [2.75, 3.05) is 0 Å². The van der Waals surface area contributed by atoms with Gasteiger partial charge in [-0.25, -0.2) is 4.98 Å². The van der Waals surface area contributed by atoms with Crippen molar-refractivity contribution in [2.24, 2.45) is 0 Å². The average Bonchev–Trinajstić information content (AvgIpc) is 3.90. The highest BCUT2D eigenvalue weighted by atomic mass is 16.3. The molecule has 2 aromatic heterocycles. The number of nitrogens with zero attached hydrogens (tertiary/aromatic N) is 1. The lowest BCUT2D eigenvalue weighted by Gasteiger charge is -2.28. The van der Waals surface area contributed by atoms with Crippen LogP contribution in [0.4, 0.5) is 0 Å². The maximum Gasteiger partial charge on any atom is 0.135 e. The van der Waals surface area contributed by atoms with E-state index in [2.05, 4.69) is 200 Å². The molecule has 2 aliphatic carbocycles. The Morgan fingerprint density at radius 1 is 0.357 bits per heavy atom. The van der Waals surface area contributed by atoms with Crippen molar-refractivity contribution in [3.8, 4) is 67.0 Å². The van der Waals surface area contributed by atoms with Crippen molar-refractivity contribution in [1.29, 1.82) is 0 Å². The highest BCUT2D eigenvalue weighted by Gasteiger charge is 2.55. The molecule has 2 nitrogen and oxygen atoms in total. The molecular weight excluding hydrogens is 679 g/mol. The summed E-state index contributed by atoms with van der Waals surface area (Å²) in [4.78, 5) is 5.28. The van der Waals surface area contributed by atoms with Crippen molar-refractivity contribution in [3.05, 3.63) is 223 Å². The Morgan fingerprint density at radius 2 is 0.946 bits per heavy atom. The molecule has 0 bridgehead atoms. The van der Waals surface area contributed by atoms with Crippen LogP contribution in [0, 0.1) is 0 Å². The number of rotatable bonds is 4. The first-order valence-corrected chi connectivity index (χ1v) is 19.3. The molecule has 0 saturated heterocycles. The number of fused-ring (bicyclic) bond motifs is 13. The van der Waals surface area contributed by atoms with Crippen LogP contribution in [0.1, 0.15) is 22.5 Å². The number of furan rings is 1. The van der Waals surface area contributed by atoms with Crippen LogP contribution in [0.3, 0.4) is 0 Å². The van der Waals surface area contributed by atoms with Gasteiger partial charge in [-0.15, -0.1) is 0 Å². The number of para-hydroxylation sites is 1. The summed E-state index contributed by atoms with van der Waals surface area (Å²) in [5, 5.41) is 3.59. The van der Waals surface area contributed by atoms with Gasteiger partial charge in [0.25, 0.3) is 0 Å². The molecular formula is C54H33NO. The third-order valence-electron chi connectivity index (χ3n) is 12.1. The summed E-state index contributed by atoms with van der Waals surface area (Å²) in [6.07, 6.45) is 0. The predicted molar refractivity (Wildman–Crippen MR) is 230 cm³/mol. The Hall–Kier alpha value is -7.29. The van der Waals surface area contributed by atoms with E-state index in [4.69, 9.17) is 9.40 Å². The maximum absolute atomic E-state index is 6.95. The molecule has 0 amide bonds. The van der Waals surface area contributed by atoms with Gasteiger partial charge in [-0.2, -0.15) is 0 Å². The van der Waals surface area contributed by atoms with E-state index in [1.54, 1.807) is 0 Å². The van der Waals surface area contributed by atoms with Crippen molar-refractivity contribution >= 4 is 21.7 Å². The van der Waals surface area contributed by atoms with E-state index in [1.807, 2.05) is 0 Å². The third-order valence-corrected chi connectivity index (χ3v) is 12.1. The Labute approximate surface area is 325 Å². The number of aromatic nitrogens is 1. The van der Waals surface area contributed by atoms with Gasteiger partial charge in [0.1, 0.15) is 16.8 Å². The van der Waals surface area contributed by atoms with Crippen molar-refractivity contribution in [3.63, 3.8) is 0 Å². The van der Waals surface area contributed by atoms with Crippen molar-refractivity contribution in [1.82, 2.24) is 4.98 Å². The Balaban J connectivity index is 1.00. The van der Waals surface area contributed by atoms with E-state index < -0.39 is 5.41 Å². The smallest absolute Gasteiger partial charge is 0.135 e. The van der Waals surface area contributed by atoms with Gasteiger partial charge in [0.15, 0.2) is 0 Å². The van der Waals surface area contributed by atoms with Crippen LogP contribution < -0.4 is 0 Å². The minimum Gasteiger partial charge on any atom is -0.459 e. The number of benzene rings is 8. The molecule has 0 unspecified atom stereocenters. The predicted octanol–water partition coefficient (Wildman–Crippen LogP) is 14.0. The zero-order valence-corrected chi connectivity index (χ0v) is 30.4. The second-order valence-electron chi connectivity index (χ2n) is 15.0. The summed E-state index contributed by atoms with van der Waals surface area (Å²) in [6.45, 7) is 0. The first kappa shape index (κ1) is 31.1. The SMILES string of the molecule is c1ccc(-c2cc(-c3ccc(-c4ccc5c(c4)C4(c6ccccc6-c6ccccc64)c4oc6ccccc6c4-5)cc3)nc(-c3ccc4ccccc4c3)c2)cc1. The molecule has 1 spiro atoms. The fourth-order valence-electron chi connectivity index (χ4n) is 9.53. The minimum absolute atomic E-state index is 0.548. The quantitative estimate of drug-likeness (QED) is 0.182. The Kier molecular flexibility index (Phi) is 6.58. The van der Waals surface area contributed by atoms with Gasteiger partial charge in [-0.05, 0) is 96.7 Å². The minimum atomic E-state index is -0.548. The molecule has 56 heavy (non-hydrogen) atoms. The van der Waals surface area contributed by atoms with Crippen molar-refractivity contribution in [2.45, 2.75) is 5.41 Å². The van der Waals surface area contributed by atoms with E-state index in [0.717, 1.165) is 50.4 Å². The summed E-state index contributed by atoms with van der Waals surface area (Å²) in [6, 6.07) is 72.3. The monoisotopic (exact) mass is 711 g/mol. The van der Waals surface area contributed by atoms with E-state index in [-0.39, 0.29) is 0 Å². The molecule has 0 saturated carbocycles. The molecule has 2 heteroatoms. The summed E-state index contributed by atoms with van der Waals surface area (Å²) in [7, 11) is 0. The highest BCUT2D eigenvalue weighted by Crippen LogP contribution is 2.64. The number of pyridine rings is 1. The molecule has 0 atom stereocenters. The lowest BCUT2D eigenvalue weighted by atomic mass is 9.72. The zero-order valence-electron chi connectivity index (χ0n) is 30.4. The van der Waals surface area contributed by atoms with Gasteiger partial charge in [-0.1, -0.05) is 170 Å². The third kappa shape index (κ3) is 4.41. The van der Waals surface area contributed by atoms with Gasteiger partial charge in [-0.3, -0.25) is 0 Å². The van der Waals surface area contributed by atoms with Crippen LogP contribution in [-0.2, 0) is 5.41 Å². The fourth-order valence-corrected chi connectivity index (χ4v) is 9.53. The molecule has 0 fully saturated rings. The Bertz CT molecular complexity index is 3140. The second-order valence-corrected chi connectivity index (χ2v) is 15.0. The van der Waals surface area contributed by atoms with Gasteiger partial charge in [0.2, 0.25) is 0 Å². The van der Waals surface area contributed by atoms with Gasteiger partial charge in [0, 0.05) is 22.1 Å². The van der Waals surface area contributed by atoms with E-state index >= 15 is 0 Å². The van der Waals surface area contributed by atoms with Crippen molar-refractivity contribution < 1.29 is 4.42 Å². The molecule has 0 N–H and O–H groups in total. The van der Waals surface area contributed by atoms with E-state index in [0.29, 0.717) is 0 Å². The van der Waals surface area contributed by atoms with Crippen LogP contribution in [0.25, 0.3) is 88.8 Å². The number of hydrogen-bond acceptors (Lipinski definition) is 2. The molecule has 8 aromatic carbocycles. The largest absolute Gasteiger partial charge is 0.459 e. The van der Waals surface area contributed by atoms with Crippen LogP contribution >= 0.6 is 0 Å². The summed E-state index contributed by atoms with van der Waals surface area (Å²) in [5.74, 6) is 1.02. The molecule has 12 rings (SSSR count). The molecule has 10 aromatic rings. The topological polar surface area (TPSA) is 26.0 Å². The maximum atomic E-state index is 6.95. The standard InChI is InChI=1S/C54H33NO/c1-2-12-34(13-3-1)41-32-49(55-50(33-41)40-27-24-35-14-4-5-15-38(35)30-40)37-25-22-36(23-26-37)39-28-29-44-48(31-39)54(53-52(44)45-18-8-11-21-51(45)56-53)46-19-9-6-16-42(46)43-17-7-10-20-47(43)54/h1-33H. The molecule has 0 radical (unpaired) electrons. The lowest BCUT2D eigenvalue weighted by molar-refractivity contribution is 0.507. The zero-order chi connectivity index (χ0) is 36.8.